The first kappa shape index (κ1) is 13.6. The number of sulfonamides is 1. The second kappa shape index (κ2) is 5.47. The Kier molecular flexibility index (Phi) is 4.39. The maximum Gasteiger partial charge on any atom is 0.211 e. The van der Waals surface area contributed by atoms with Crippen molar-refractivity contribution >= 4 is 21.8 Å². The van der Waals surface area contributed by atoms with Gasteiger partial charge in [-0.25, -0.2) is 13.1 Å². The van der Waals surface area contributed by atoms with Gasteiger partial charge in [-0.2, -0.15) is 11.8 Å². The van der Waals surface area contributed by atoms with Crippen LogP contribution in [0.2, 0.25) is 0 Å². The fourth-order valence-corrected chi connectivity index (χ4v) is 4.64. The summed E-state index contributed by atoms with van der Waals surface area (Å²) in [7, 11) is -3.08. The molecule has 2 aliphatic rings. The van der Waals surface area contributed by atoms with E-state index in [0.29, 0.717) is 18.2 Å². The molecule has 0 radical (unpaired) electrons. The largest absolute Gasteiger partial charge is 0.317 e. The fraction of sp³-hybridized carbons (Fsp3) is 1.00. The van der Waals surface area contributed by atoms with Crippen molar-refractivity contribution in [3.05, 3.63) is 0 Å². The molecular weight excluding hydrogens is 256 g/mol. The van der Waals surface area contributed by atoms with Crippen LogP contribution in [0.25, 0.3) is 0 Å². The molecule has 0 bridgehead atoms. The van der Waals surface area contributed by atoms with Gasteiger partial charge in [0.05, 0.1) is 5.75 Å². The van der Waals surface area contributed by atoms with Crippen LogP contribution in [0.4, 0.5) is 0 Å². The number of nitrogens with one attached hydrogen (secondary N) is 2. The Morgan fingerprint density at radius 3 is 2.53 bits per heavy atom. The van der Waals surface area contributed by atoms with E-state index in [4.69, 9.17) is 0 Å². The van der Waals surface area contributed by atoms with Gasteiger partial charge in [-0.15, -0.1) is 0 Å². The Labute approximate surface area is 108 Å². The van der Waals surface area contributed by atoms with Crippen molar-refractivity contribution in [1.82, 2.24) is 10.0 Å². The van der Waals surface area contributed by atoms with Crippen LogP contribution < -0.4 is 10.0 Å². The Morgan fingerprint density at radius 2 is 2.00 bits per heavy atom. The molecule has 1 aliphatic carbocycles. The van der Waals surface area contributed by atoms with Crippen LogP contribution in [-0.2, 0) is 10.0 Å². The van der Waals surface area contributed by atoms with Gasteiger partial charge in [0.2, 0.25) is 10.0 Å². The summed E-state index contributed by atoms with van der Waals surface area (Å²) in [5, 5.41) is 3.26. The lowest BCUT2D eigenvalue weighted by Crippen LogP contribution is -2.38. The minimum absolute atomic E-state index is 0.210. The first-order valence-electron chi connectivity index (χ1n) is 6.28. The van der Waals surface area contributed by atoms with E-state index in [1.165, 1.54) is 0 Å². The summed E-state index contributed by atoms with van der Waals surface area (Å²) < 4.78 is 26.9. The average Bonchev–Trinajstić information content (AvgIpc) is 3.08. The summed E-state index contributed by atoms with van der Waals surface area (Å²) in [5.41, 5.74) is 0. The molecule has 0 spiro atoms. The number of rotatable bonds is 6. The van der Waals surface area contributed by atoms with Crippen molar-refractivity contribution in [3.63, 3.8) is 0 Å². The molecule has 0 aromatic carbocycles. The smallest absolute Gasteiger partial charge is 0.211 e. The normalized spacial score (nSPS) is 24.8. The van der Waals surface area contributed by atoms with Gasteiger partial charge in [-0.3, -0.25) is 0 Å². The van der Waals surface area contributed by atoms with Crippen LogP contribution in [0.1, 0.15) is 25.7 Å². The molecule has 1 saturated carbocycles. The number of hydrogen-bond acceptors (Lipinski definition) is 4. The van der Waals surface area contributed by atoms with E-state index in [2.05, 4.69) is 16.3 Å². The maximum absolute atomic E-state index is 11.9. The van der Waals surface area contributed by atoms with E-state index < -0.39 is 10.0 Å². The van der Waals surface area contributed by atoms with Gasteiger partial charge in [-0.05, 0) is 50.9 Å². The Balaban J connectivity index is 1.77. The summed E-state index contributed by atoms with van der Waals surface area (Å²) in [4.78, 5) is 0. The molecule has 1 saturated heterocycles. The zero-order valence-corrected chi connectivity index (χ0v) is 12.0. The van der Waals surface area contributed by atoms with Gasteiger partial charge < -0.3 is 5.32 Å². The number of thioether (sulfide) groups is 1. The quantitative estimate of drug-likeness (QED) is 0.754. The van der Waals surface area contributed by atoms with Gasteiger partial charge in [-0.1, -0.05) is 0 Å². The highest BCUT2D eigenvalue weighted by Gasteiger charge is 2.42. The van der Waals surface area contributed by atoms with Crippen molar-refractivity contribution < 1.29 is 8.42 Å². The van der Waals surface area contributed by atoms with Crippen molar-refractivity contribution in [3.8, 4) is 0 Å². The lowest BCUT2D eigenvalue weighted by molar-refractivity contribution is 0.400. The molecule has 0 aromatic rings. The molecule has 100 valence electrons. The van der Waals surface area contributed by atoms with Gasteiger partial charge in [0.1, 0.15) is 0 Å². The molecule has 2 rings (SSSR count). The van der Waals surface area contributed by atoms with Crippen LogP contribution in [0, 0.1) is 5.92 Å². The summed E-state index contributed by atoms with van der Waals surface area (Å²) in [6, 6.07) is 0. The molecule has 17 heavy (non-hydrogen) atoms. The van der Waals surface area contributed by atoms with E-state index in [1.807, 2.05) is 0 Å². The zero-order valence-electron chi connectivity index (χ0n) is 10.4. The summed E-state index contributed by atoms with van der Waals surface area (Å²) in [6.07, 6.45) is 6.31. The van der Waals surface area contributed by atoms with Crippen molar-refractivity contribution in [2.24, 2.45) is 5.92 Å². The average molecular weight is 278 g/mol. The van der Waals surface area contributed by atoms with E-state index in [-0.39, 0.29) is 4.75 Å². The molecule has 1 heterocycles. The molecule has 2 N–H and O–H groups in total. The monoisotopic (exact) mass is 278 g/mol. The van der Waals surface area contributed by atoms with Crippen molar-refractivity contribution in [2.45, 2.75) is 30.4 Å². The molecule has 1 aliphatic heterocycles. The molecule has 6 heteroatoms. The summed E-state index contributed by atoms with van der Waals surface area (Å²) in [6.45, 7) is 2.52. The standard InChI is InChI=1S/C11H22N2O2S2/c1-16-11(4-5-11)9-13-17(14,15)8-10-2-6-12-7-3-10/h10,12-13H,2-9H2,1H3. The Morgan fingerprint density at radius 1 is 1.35 bits per heavy atom. The van der Waals surface area contributed by atoms with E-state index in [0.717, 1.165) is 38.8 Å². The van der Waals surface area contributed by atoms with Crippen molar-refractivity contribution in [2.75, 3.05) is 31.6 Å². The molecule has 0 unspecified atom stereocenters. The lowest BCUT2D eigenvalue weighted by Gasteiger charge is -2.23. The third-order valence-corrected chi connectivity index (χ3v) is 6.68. The molecule has 0 aromatic heterocycles. The second-order valence-electron chi connectivity index (χ2n) is 5.18. The van der Waals surface area contributed by atoms with Gasteiger partial charge in [0.15, 0.2) is 0 Å². The number of hydrogen-bond donors (Lipinski definition) is 2. The van der Waals surface area contributed by atoms with Crippen LogP contribution in [0.3, 0.4) is 0 Å². The predicted octanol–water partition coefficient (Wildman–Crippen LogP) is 0.801. The van der Waals surface area contributed by atoms with Crippen LogP contribution >= 0.6 is 11.8 Å². The zero-order chi connectivity index (χ0) is 12.4. The highest BCUT2D eigenvalue weighted by molar-refractivity contribution is 8.00. The van der Waals surface area contributed by atoms with E-state index in [9.17, 15) is 8.42 Å². The maximum atomic E-state index is 11.9. The SMILES string of the molecule is CSC1(CNS(=O)(=O)CC2CCNCC2)CC1. The Bertz CT molecular complexity index is 346. The van der Waals surface area contributed by atoms with Crippen LogP contribution in [-0.4, -0.2) is 44.8 Å². The predicted molar refractivity (Wildman–Crippen MR) is 72.9 cm³/mol. The topological polar surface area (TPSA) is 58.2 Å². The highest BCUT2D eigenvalue weighted by atomic mass is 32.2. The molecule has 4 nitrogen and oxygen atoms in total. The molecule has 0 amide bonds. The number of piperidine rings is 1. The second-order valence-corrected chi connectivity index (χ2v) is 8.31. The van der Waals surface area contributed by atoms with Gasteiger partial charge in [0.25, 0.3) is 0 Å². The minimum Gasteiger partial charge on any atom is -0.317 e. The van der Waals surface area contributed by atoms with Crippen LogP contribution in [0.5, 0.6) is 0 Å². The first-order valence-corrected chi connectivity index (χ1v) is 9.16. The van der Waals surface area contributed by atoms with Gasteiger partial charge >= 0.3 is 0 Å². The molecule has 2 fully saturated rings. The van der Waals surface area contributed by atoms with Crippen molar-refractivity contribution in [1.29, 1.82) is 0 Å². The molecular formula is C11H22N2O2S2. The van der Waals surface area contributed by atoms with Gasteiger partial charge in [0, 0.05) is 11.3 Å². The highest BCUT2D eigenvalue weighted by Crippen LogP contribution is 2.46. The third kappa shape index (κ3) is 4.12. The summed E-state index contributed by atoms with van der Waals surface area (Å²) in [5.74, 6) is 0.636. The summed E-state index contributed by atoms with van der Waals surface area (Å²) >= 11 is 1.79. The lowest BCUT2D eigenvalue weighted by atomic mass is 10.0. The first-order chi connectivity index (χ1) is 8.05. The van der Waals surface area contributed by atoms with Crippen LogP contribution in [0.15, 0.2) is 0 Å². The minimum atomic E-state index is -3.08. The third-order valence-electron chi connectivity index (χ3n) is 3.77. The fourth-order valence-electron chi connectivity index (χ4n) is 2.25. The van der Waals surface area contributed by atoms with E-state index in [1.54, 1.807) is 11.8 Å². The Hall–Kier alpha value is 0.220. The van der Waals surface area contributed by atoms with E-state index >= 15 is 0 Å². The molecule has 0 atom stereocenters.